The average Bonchev–Trinajstić information content (AvgIpc) is 2.49. The van der Waals surface area contributed by atoms with E-state index in [1.54, 1.807) is 18.3 Å². The van der Waals surface area contributed by atoms with E-state index >= 15 is 0 Å². The summed E-state index contributed by atoms with van der Waals surface area (Å²) in [6.45, 7) is 9.75. The first-order valence-corrected chi connectivity index (χ1v) is 6.91. The third-order valence-corrected chi connectivity index (χ3v) is 4.68. The van der Waals surface area contributed by atoms with Crippen molar-refractivity contribution in [3.8, 4) is 5.75 Å². The van der Waals surface area contributed by atoms with Gasteiger partial charge in [0.25, 0.3) is 0 Å². The molecule has 2 rings (SSSR count). The number of aromatic nitrogens is 1. The van der Waals surface area contributed by atoms with Gasteiger partial charge in [0.2, 0.25) is 0 Å². The Balaban J connectivity index is 2.46. The highest BCUT2D eigenvalue weighted by Gasteiger charge is 2.60. The number of nitrogens with zero attached hydrogens (tertiary/aromatic N) is 1. The molecular weight excluding hydrogens is 254 g/mol. The van der Waals surface area contributed by atoms with Crippen LogP contribution in [0.2, 0.25) is 0 Å². The predicted octanol–water partition coefficient (Wildman–Crippen LogP) is 2.77. The smallest absolute Gasteiger partial charge is 0.155 e. The van der Waals surface area contributed by atoms with Crippen LogP contribution in [0.25, 0.3) is 0 Å². The monoisotopic (exact) mass is 275 g/mol. The lowest BCUT2D eigenvalue weighted by atomic mass is 9.70. The van der Waals surface area contributed by atoms with Crippen LogP contribution in [0.3, 0.4) is 0 Å². The quantitative estimate of drug-likeness (QED) is 0.796. The van der Waals surface area contributed by atoms with Crippen molar-refractivity contribution in [1.29, 1.82) is 0 Å². The van der Waals surface area contributed by atoms with Crippen LogP contribution in [-0.4, -0.2) is 23.2 Å². The number of ether oxygens (including phenoxy) is 1. The third kappa shape index (κ3) is 1.94. The van der Waals surface area contributed by atoms with Gasteiger partial charge in [-0.25, -0.2) is 0 Å². The van der Waals surface area contributed by atoms with Crippen LogP contribution in [0.4, 0.5) is 0 Å². The lowest BCUT2D eigenvalue weighted by Crippen LogP contribution is -2.35. The van der Waals surface area contributed by atoms with E-state index in [0.717, 1.165) is 0 Å². The van der Waals surface area contributed by atoms with Crippen LogP contribution in [0.1, 0.15) is 46.2 Å². The molecular formula is C16H21NO3. The lowest BCUT2D eigenvalue weighted by molar-refractivity contribution is -0.129. The molecule has 0 atom stereocenters. The zero-order valence-electron chi connectivity index (χ0n) is 12.7. The van der Waals surface area contributed by atoms with Crippen molar-refractivity contribution < 1.29 is 14.3 Å². The highest BCUT2D eigenvalue weighted by Crippen LogP contribution is 2.52. The molecule has 4 nitrogen and oxygen atoms in total. The van der Waals surface area contributed by atoms with E-state index in [2.05, 4.69) is 4.98 Å². The number of carbonyl (C=O) groups excluding carboxylic acids is 2. The van der Waals surface area contributed by atoms with Crippen LogP contribution >= 0.6 is 0 Å². The van der Waals surface area contributed by atoms with Gasteiger partial charge in [-0.15, -0.1) is 0 Å². The summed E-state index contributed by atoms with van der Waals surface area (Å²) in [6, 6.07) is 3.43. The Labute approximate surface area is 119 Å². The maximum atomic E-state index is 12.6. The number of hydrogen-bond donors (Lipinski definition) is 0. The molecule has 1 aliphatic carbocycles. The van der Waals surface area contributed by atoms with E-state index in [-0.39, 0.29) is 11.6 Å². The number of pyridine rings is 1. The van der Waals surface area contributed by atoms with Crippen LogP contribution in [-0.2, 0) is 9.59 Å². The standard InChI is InChI=1S/C16H21NO3/c1-6-20-10-7-8-17-11(9-10)12-13(18)15(2,3)16(4,5)14(12)19/h7-9,12H,6H2,1-5H3. The lowest BCUT2D eigenvalue weighted by Gasteiger charge is -2.30. The Hall–Kier alpha value is -1.71. The van der Waals surface area contributed by atoms with E-state index in [9.17, 15) is 9.59 Å². The largest absolute Gasteiger partial charge is 0.494 e. The Morgan fingerprint density at radius 1 is 1.15 bits per heavy atom. The van der Waals surface area contributed by atoms with Gasteiger partial charge in [0.15, 0.2) is 11.6 Å². The molecule has 4 heteroatoms. The molecule has 0 radical (unpaired) electrons. The van der Waals surface area contributed by atoms with Gasteiger partial charge in [0.05, 0.1) is 12.3 Å². The number of carbonyl (C=O) groups is 2. The maximum Gasteiger partial charge on any atom is 0.155 e. The van der Waals surface area contributed by atoms with Crippen molar-refractivity contribution in [1.82, 2.24) is 4.98 Å². The van der Waals surface area contributed by atoms with Gasteiger partial charge in [0, 0.05) is 23.1 Å². The fraction of sp³-hybridized carbons (Fsp3) is 0.562. The number of hydrogen-bond acceptors (Lipinski definition) is 4. The Kier molecular flexibility index (Phi) is 3.44. The normalized spacial score (nSPS) is 21.2. The van der Waals surface area contributed by atoms with E-state index in [1.807, 2.05) is 34.6 Å². The number of Topliss-reactive ketones (excluding diaryl/α,β-unsaturated/α-hetero) is 2. The van der Waals surface area contributed by atoms with Gasteiger partial charge in [-0.1, -0.05) is 27.7 Å². The van der Waals surface area contributed by atoms with Crippen LogP contribution in [0.5, 0.6) is 5.75 Å². The minimum absolute atomic E-state index is 0.0614. The zero-order valence-corrected chi connectivity index (χ0v) is 12.7. The molecule has 0 unspecified atom stereocenters. The molecule has 0 amide bonds. The van der Waals surface area contributed by atoms with Crippen molar-refractivity contribution in [3.63, 3.8) is 0 Å². The average molecular weight is 275 g/mol. The molecule has 1 heterocycles. The van der Waals surface area contributed by atoms with Crippen molar-refractivity contribution in [2.24, 2.45) is 10.8 Å². The molecule has 0 saturated heterocycles. The topological polar surface area (TPSA) is 56.3 Å². The molecule has 1 aliphatic rings. The van der Waals surface area contributed by atoms with E-state index < -0.39 is 16.7 Å². The first-order valence-electron chi connectivity index (χ1n) is 6.91. The second-order valence-electron chi connectivity index (χ2n) is 6.26. The Bertz CT molecular complexity index is 535. The molecule has 0 aromatic carbocycles. The molecule has 0 N–H and O–H groups in total. The fourth-order valence-electron chi connectivity index (χ4n) is 2.57. The second-order valence-corrected chi connectivity index (χ2v) is 6.26. The summed E-state index contributed by atoms with van der Waals surface area (Å²) in [5.74, 6) is -0.261. The van der Waals surface area contributed by atoms with Crippen molar-refractivity contribution >= 4 is 11.6 Å². The third-order valence-electron chi connectivity index (χ3n) is 4.68. The first kappa shape index (κ1) is 14.7. The first-order chi connectivity index (χ1) is 9.23. The molecule has 1 saturated carbocycles. The minimum Gasteiger partial charge on any atom is -0.494 e. The summed E-state index contributed by atoms with van der Waals surface area (Å²) in [4.78, 5) is 29.5. The Morgan fingerprint density at radius 3 is 2.20 bits per heavy atom. The molecule has 0 spiro atoms. The van der Waals surface area contributed by atoms with Crippen molar-refractivity contribution in [3.05, 3.63) is 24.0 Å². The number of ketones is 2. The highest BCUT2D eigenvalue weighted by atomic mass is 16.5. The summed E-state index contributed by atoms with van der Waals surface area (Å²) in [7, 11) is 0. The zero-order chi connectivity index (χ0) is 15.1. The Morgan fingerprint density at radius 2 is 1.70 bits per heavy atom. The summed E-state index contributed by atoms with van der Waals surface area (Å²) >= 11 is 0. The molecule has 108 valence electrons. The van der Waals surface area contributed by atoms with Gasteiger partial charge in [0.1, 0.15) is 11.7 Å². The molecule has 0 aliphatic heterocycles. The number of rotatable bonds is 3. The van der Waals surface area contributed by atoms with Gasteiger partial charge in [-0.2, -0.15) is 0 Å². The molecule has 1 fully saturated rings. The predicted molar refractivity (Wildman–Crippen MR) is 75.7 cm³/mol. The molecule has 0 bridgehead atoms. The van der Waals surface area contributed by atoms with Crippen molar-refractivity contribution in [2.75, 3.05) is 6.61 Å². The summed E-state index contributed by atoms with van der Waals surface area (Å²) in [5, 5.41) is 0. The van der Waals surface area contributed by atoms with Gasteiger partial charge in [-0.05, 0) is 13.0 Å². The van der Waals surface area contributed by atoms with E-state index in [4.69, 9.17) is 4.74 Å². The van der Waals surface area contributed by atoms with Crippen LogP contribution in [0, 0.1) is 10.8 Å². The van der Waals surface area contributed by atoms with Gasteiger partial charge < -0.3 is 4.74 Å². The summed E-state index contributed by atoms with van der Waals surface area (Å²) < 4.78 is 5.42. The minimum atomic E-state index is -0.777. The van der Waals surface area contributed by atoms with E-state index in [1.165, 1.54) is 0 Å². The molecule has 1 aromatic rings. The van der Waals surface area contributed by atoms with Gasteiger partial charge in [-0.3, -0.25) is 14.6 Å². The maximum absolute atomic E-state index is 12.6. The summed E-state index contributed by atoms with van der Waals surface area (Å²) in [5.41, 5.74) is -0.875. The SMILES string of the molecule is CCOc1ccnc(C2C(=O)C(C)(C)C(C)(C)C2=O)c1. The summed E-state index contributed by atoms with van der Waals surface area (Å²) in [6.07, 6.45) is 1.58. The van der Waals surface area contributed by atoms with Gasteiger partial charge >= 0.3 is 0 Å². The highest BCUT2D eigenvalue weighted by molar-refractivity contribution is 6.18. The van der Waals surface area contributed by atoms with Crippen molar-refractivity contribution in [2.45, 2.75) is 40.5 Å². The second kappa shape index (κ2) is 4.69. The van der Waals surface area contributed by atoms with Crippen LogP contribution in [0.15, 0.2) is 18.3 Å². The molecule has 1 aromatic heterocycles. The van der Waals surface area contributed by atoms with Crippen LogP contribution < -0.4 is 4.74 Å². The fourth-order valence-corrected chi connectivity index (χ4v) is 2.57. The van der Waals surface area contributed by atoms with E-state index in [0.29, 0.717) is 18.1 Å². The molecule has 20 heavy (non-hydrogen) atoms.